The minimum absolute atomic E-state index is 0.193. The molecule has 3 amide bonds. The first-order chi connectivity index (χ1) is 14.5. The number of likely N-dealkylation sites (N-methyl/N-ethyl adjacent to an activating group) is 1. The van der Waals surface area contributed by atoms with Gasteiger partial charge in [0.05, 0.1) is 0 Å². The number of urea groups is 1. The molecule has 7 heteroatoms. The van der Waals surface area contributed by atoms with Crippen molar-refractivity contribution in [1.82, 2.24) is 25.6 Å². The lowest BCUT2D eigenvalue weighted by Crippen LogP contribution is -2.31. The zero-order valence-corrected chi connectivity index (χ0v) is 16.8. The number of nitrogens with one attached hydrogen (secondary N) is 2. The molecule has 5 rings (SSSR count). The number of rotatable bonds is 6. The van der Waals surface area contributed by atoms with Gasteiger partial charge < -0.3 is 5.32 Å². The second-order valence-electron chi connectivity index (χ2n) is 8.17. The van der Waals surface area contributed by atoms with Crippen LogP contribution in [0.3, 0.4) is 0 Å². The van der Waals surface area contributed by atoms with Crippen molar-refractivity contribution in [2.45, 2.75) is 31.7 Å². The van der Waals surface area contributed by atoms with Crippen molar-refractivity contribution >= 4 is 29.0 Å². The predicted molar refractivity (Wildman–Crippen MR) is 115 cm³/mol. The third kappa shape index (κ3) is 3.16. The van der Waals surface area contributed by atoms with Crippen molar-refractivity contribution in [2.24, 2.45) is 5.92 Å². The summed E-state index contributed by atoms with van der Waals surface area (Å²) in [5.41, 5.74) is 7.18. The maximum absolute atomic E-state index is 12.2. The third-order valence-electron chi connectivity index (χ3n) is 6.05. The van der Waals surface area contributed by atoms with Crippen molar-refractivity contribution in [1.29, 1.82) is 0 Å². The summed E-state index contributed by atoms with van der Waals surface area (Å²) in [4.78, 5) is 25.0. The van der Waals surface area contributed by atoms with E-state index in [4.69, 9.17) is 0 Å². The lowest BCUT2D eigenvalue weighted by molar-refractivity contribution is -0.126. The average Bonchev–Trinajstić information content (AvgIpc) is 3.38. The number of benzene rings is 2. The third-order valence-corrected chi connectivity index (χ3v) is 6.05. The summed E-state index contributed by atoms with van der Waals surface area (Å²) in [6, 6.07) is 9.48. The molecule has 30 heavy (non-hydrogen) atoms. The quantitative estimate of drug-likeness (QED) is 0.620. The number of aromatic nitrogens is 3. The van der Waals surface area contributed by atoms with E-state index in [1.54, 1.807) is 0 Å². The van der Waals surface area contributed by atoms with Crippen molar-refractivity contribution in [3.63, 3.8) is 0 Å². The molecule has 2 aliphatic rings. The van der Waals surface area contributed by atoms with Crippen LogP contribution in [0.5, 0.6) is 0 Å². The average molecular weight is 401 g/mol. The summed E-state index contributed by atoms with van der Waals surface area (Å²) in [7, 11) is 1.50. The van der Waals surface area contributed by atoms with Gasteiger partial charge in [-0.15, -0.1) is 0 Å². The predicted octanol–water partition coefficient (Wildman–Crippen LogP) is 3.31. The molecule has 0 bridgehead atoms. The van der Waals surface area contributed by atoms with Gasteiger partial charge in [-0.05, 0) is 53.5 Å². The molecule has 1 atom stereocenters. The number of hydrogen-bond donors (Lipinski definition) is 2. The Morgan fingerprint density at radius 1 is 1.17 bits per heavy atom. The molecule has 1 aliphatic heterocycles. The molecule has 0 spiro atoms. The highest BCUT2D eigenvalue weighted by Crippen LogP contribution is 2.39. The Kier molecular flexibility index (Phi) is 4.38. The maximum atomic E-state index is 12.2. The van der Waals surface area contributed by atoms with Crippen molar-refractivity contribution in [3.05, 3.63) is 53.6 Å². The van der Waals surface area contributed by atoms with E-state index in [-0.39, 0.29) is 11.9 Å². The topological polar surface area (TPSA) is 91.0 Å². The maximum Gasteiger partial charge on any atom is 0.324 e. The van der Waals surface area contributed by atoms with Crippen LogP contribution >= 0.6 is 0 Å². The summed E-state index contributed by atoms with van der Waals surface area (Å²) in [6.45, 7) is 4.03. The molecule has 1 aromatic heterocycles. The van der Waals surface area contributed by atoms with Crippen molar-refractivity contribution in [3.8, 4) is 11.1 Å². The second kappa shape index (κ2) is 7.09. The number of amides is 3. The Balaban J connectivity index is 1.50. The molecule has 2 N–H and O–H groups in total. The first kappa shape index (κ1) is 18.5. The van der Waals surface area contributed by atoms with E-state index in [2.05, 4.69) is 45.5 Å². The van der Waals surface area contributed by atoms with Crippen LogP contribution < -0.4 is 5.32 Å². The number of nitrogens with zero attached hydrogens (tertiary/aromatic N) is 3. The summed E-state index contributed by atoms with van der Waals surface area (Å²) in [5.74, 6) is 0.542. The molecule has 1 aliphatic carbocycles. The fourth-order valence-electron chi connectivity index (χ4n) is 4.22. The molecule has 152 valence electrons. The van der Waals surface area contributed by atoms with Crippen LogP contribution in [-0.2, 0) is 17.6 Å². The Morgan fingerprint density at radius 3 is 2.57 bits per heavy atom. The molecule has 1 saturated carbocycles. The number of carbonyl (C=O) groups is 2. The number of hydrogen-bond acceptors (Lipinski definition) is 4. The lowest BCUT2D eigenvalue weighted by atomic mass is 9.89. The second-order valence-corrected chi connectivity index (χ2v) is 8.17. The SMILES string of the molecule is C=Cc1c(-c2ccc(CC3NC(=O)N(C)C3=O)cc2)c(CC2CC2)cc2n[nH]nc12. The summed E-state index contributed by atoms with van der Waals surface area (Å²) in [5, 5.41) is 14.1. The molecular formula is C23H23N5O2. The monoisotopic (exact) mass is 401 g/mol. The number of H-pyrrole nitrogens is 1. The van der Waals surface area contributed by atoms with Crippen molar-refractivity contribution < 1.29 is 9.59 Å². The smallest absolute Gasteiger partial charge is 0.324 e. The molecule has 2 aromatic carbocycles. The van der Waals surface area contributed by atoms with Crippen LogP contribution in [0.2, 0.25) is 0 Å². The van der Waals surface area contributed by atoms with Gasteiger partial charge in [0.25, 0.3) is 5.91 Å². The van der Waals surface area contributed by atoms with Crippen molar-refractivity contribution in [2.75, 3.05) is 7.05 Å². The Labute approximate surface area is 174 Å². The summed E-state index contributed by atoms with van der Waals surface area (Å²) >= 11 is 0. The molecule has 1 unspecified atom stereocenters. The van der Waals surface area contributed by atoms with Gasteiger partial charge in [-0.1, -0.05) is 36.9 Å². The van der Waals surface area contributed by atoms with E-state index in [9.17, 15) is 9.59 Å². The van der Waals surface area contributed by atoms with Gasteiger partial charge in [0.15, 0.2) is 0 Å². The largest absolute Gasteiger partial charge is 0.325 e. The molecule has 1 saturated heterocycles. The first-order valence-electron chi connectivity index (χ1n) is 10.2. The highest BCUT2D eigenvalue weighted by atomic mass is 16.2. The molecule has 2 fully saturated rings. The standard InChI is InChI=1S/C23H23N5O2/c1-3-17-20(16(10-13-4-5-13)12-18-21(17)26-27-25-18)15-8-6-14(7-9-15)11-19-22(29)28(2)23(30)24-19/h3,6-9,12-13,19H,1,4-5,10-11H2,2H3,(H,24,30)(H,25,26,27). The molecule has 3 aromatic rings. The number of fused-ring (bicyclic) bond motifs is 1. The highest BCUT2D eigenvalue weighted by molar-refractivity contribution is 6.04. The van der Waals surface area contributed by atoms with Gasteiger partial charge in [-0.3, -0.25) is 9.69 Å². The van der Waals surface area contributed by atoms with Crippen LogP contribution in [0.15, 0.2) is 36.9 Å². The number of carbonyl (C=O) groups excluding carboxylic acids is 2. The normalized spacial score (nSPS) is 18.8. The Bertz CT molecular complexity index is 1160. The minimum Gasteiger partial charge on any atom is -0.325 e. The number of imide groups is 1. The Morgan fingerprint density at radius 2 is 1.93 bits per heavy atom. The zero-order chi connectivity index (χ0) is 20.8. The Hall–Kier alpha value is -3.48. The first-order valence-corrected chi connectivity index (χ1v) is 10.2. The number of aromatic amines is 1. The summed E-state index contributed by atoms with van der Waals surface area (Å²) < 4.78 is 0. The van der Waals surface area contributed by atoms with E-state index in [1.807, 2.05) is 18.2 Å². The van der Waals surface area contributed by atoms with Gasteiger partial charge >= 0.3 is 6.03 Å². The van der Waals surface area contributed by atoms with E-state index < -0.39 is 6.04 Å². The molecule has 2 heterocycles. The summed E-state index contributed by atoms with van der Waals surface area (Å²) in [6.07, 6.45) is 5.89. The van der Waals surface area contributed by atoms with E-state index in [0.717, 1.165) is 50.5 Å². The molecular weight excluding hydrogens is 378 g/mol. The van der Waals surface area contributed by atoms with E-state index >= 15 is 0 Å². The van der Waals surface area contributed by atoms with Crippen LogP contribution in [0.4, 0.5) is 4.79 Å². The van der Waals surface area contributed by atoms with Gasteiger partial charge in [0.2, 0.25) is 0 Å². The van der Waals surface area contributed by atoms with E-state index in [1.165, 1.54) is 25.5 Å². The van der Waals surface area contributed by atoms with E-state index in [0.29, 0.717) is 6.42 Å². The molecule has 7 nitrogen and oxygen atoms in total. The van der Waals surface area contributed by atoms with Gasteiger partial charge in [-0.25, -0.2) is 4.79 Å². The fraction of sp³-hybridized carbons (Fsp3) is 0.304. The zero-order valence-electron chi connectivity index (χ0n) is 16.8. The molecule has 0 radical (unpaired) electrons. The fourth-order valence-corrected chi connectivity index (χ4v) is 4.22. The van der Waals surface area contributed by atoms with Gasteiger partial charge in [0.1, 0.15) is 17.1 Å². The lowest BCUT2D eigenvalue weighted by Gasteiger charge is -2.15. The highest BCUT2D eigenvalue weighted by Gasteiger charge is 2.35. The van der Waals surface area contributed by atoms with Crippen LogP contribution in [0.1, 0.15) is 29.5 Å². The van der Waals surface area contributed by atoms with Crippen LogP contribution in [-0.4, -0.2) is 45.3 Å². The minimum atomic E-state index is -0.506. The van der Waals surface area contributed by atoms with Crippen LogP contribution in [0, 0.1) is 5.92 Å². The van der Waals surface area contributed by atoms with Gasteiger partial charge in [0, 0.05) is 19.0 Å². The van der Waals surface area contributed by atoms with Gasteiger partial charge in [-0.2, -0.15) is 15.4 Å². The van der Waals surface area contributed by atoms with Crippen LogP contribution in [0.25, 0.3) is 28.2 Å².